The molecule has 1 aromatic heterocycles. The highest BCUT2D eigenvalue weighted by molar-refractivity contribution is 6.08. The van der Waals surface area contributed by atoms with Crippen LogP contribution in [0.1, 0.15) is 0 Å². The van der Waals surface area contributed by atoms with Gasteiger partial charge in [-0.2, -0.15) is 0 Å². The van der Waals surface area contributed by atoms with E-state index in [2.05, 4.69) is 145 Å². The van der Waals surface area contributed by atoms with Gasteiger partial charge in [0.05, 0.1) is 11.0 Å². The van der Waals surface area contributed by atoms with Crippen LogP contribution in [0.5, 0.6) is 0 Å². The maximum absolute atomic E-state index is 5.14. The number of aromatic amines is 1. The zero-order valence-corrected chi connectivity index (χ0v) is 21.2. The molecule has 0 saturated carbocycles. The second-order valence-corrected chi connectivity index (χ2v) is 10.1. The third-order valence-electron chi connectivity index (χ3n) is 7.83. The van der Waals surface area contributed by atoms with Gasteiger partial charge in [-0.1, -0.05) is 127 Å². The van der Waals surface area contributed by atoms with Gasteiger partial charge in [0, 0.05) is 5.56 Å². The Morgan fingerprint density at radius 3 is 1.38 bits per heavy atom. The van der Waals surface area contributed by atoms with Gasteiger partial charge >= 0.3 is 0 Å². The first-order valence-corrected chi connectivity index (χ1v) is 13.3. The number of fused-ring (bicyclic) bond motifs is 4. The number of nitrogens with one attached hydrogen (secondary N) is 1. The lowest BCUT2D eigenvalue weighted by atomic mass is 9.89. The fraction of sp³-hybridized carbons (Fsp3) is 0. The van der Waals surface area contributed by atoms with Gasteiger partial charge in [0.15, 0.2) is 0 Å². The van der Waals surface area contributed by atoms with E-state index in [9.17, 15) is 0 Å². The molecule has 0 fully saturated rings. The first kappa shape index (κ1) is 21.8. The molecular weight excluding hydrogens is 472 g/mol. The summed E-state index contributed by atoms with van der Waals surface area (Å²) in [5.41, 5.74) is 7.93. The molecule has 0 unspecified atom stereocenters. The summed E-state index contributed by atoms with van der Waals surface area (Å²) in [6.07, 6.45) is 0. The van der Waals surface area contributed by atoms with Crippen molar-refractivity contribution in [2.24, 2.45) is 0 Å². The highest BCUT2D eigenvalue weighted by Gasteiger charge is 2.17. The average molecular weight is 497 g/mol. The van der Waals surface area contributed by atoms with Crippen LogP contribution in [0.25, 0.3) is 77.0 Å². The summed E-state index contributed by atoms with van der Waals surface area (Å²) in [5, 5.41) is 7.36. The molecule has 0 saturated heterocycles. The topological polar surface area (TPSA) is 28.7 Å². The van der Waals surface area contributed by atoms with Gasteiger partial charge in [0.2, 0.25) is 0 Å². The van der Waals surface area contributed by atoms with Crippen LogP contribution in [-0.4, -0.2) is 9.97 Å². The van der Waals surface area contributed by atoms with E-state index in [1.54, 1.807) is 0 Å². The van der Waals surface area contributed by atoms with Crippen molar-refractivity contribution in [3.05, 3.63) is 140 Å². The number of H-pyrrole nitrogens is 1. The van der Waals surface area contributed by atoms with E-state index >= 15 is 0 Å². The Labute approximate surface area is 226 Å². The van der Waals surface area contributed by atoms with Gasteiger partial charge in [0.1, 0.15) is 5.82 Å². The van der Waals surface area contributed by atoms with Crippen molar-refractivity contribution < 1.29 is 0 Å². The van der Waals surface area contributed by atoms with Crippen LogP contribution in [0.4, 0.5) is 0 Å². The molecule has 2 heteroatoms. The lowest BCUT2D eigenvalue weighted by Crippen LogP contribution is -1.89. The lowest BCUT2D eigenvalue weighted by Gasteiger charge is -2.15. The summed E-state index contributed by atoms with van der Waals surface area (Å²) >= 11 is 0. The van der Waals surface area contributed by atoms with Crippen LogP contribution < -0.4 is 0 Å². The van der Waals surface area contributed by atoms with Gasteiger partial charge in [-0.25, -0.2) is 4.98 Å². The van der Waals surface area contributed by atoms with Crippen molar-refractivity contribution in [3.8, 4) is 33.6 Å². The minimum Gasteiger partial charge on any atom is -0.338 e. The van der Waals surface area contributed by atoms with Crippen LogP contribution in [0.15, 0.2) is 140 Å². The Kier molecular flexibility index (Phi) is 4.86. The van der Waals surface area contributed by atoms with Crippen molar-refractivity contribution in [3.63, 3.8) is 0 Å². The van der Waals surface area contributed by atoms with E-state index in [0.29, 0.717) is 0 Å². The fourth-order valence-electron chi connectivity index (χ4n) is 5.98. The SMILES string of the molecule is c1ccc2c(-c3nc4cc(-c5cccc6ccccc56)c(-c5cccc6ccccc56)cc4[nH]3)cccc2c1. The predicted octanol–water partition coefficient (Wildman–Crippen LogP) is 10.0. The highest BCUT2D eigenvalue weighted by atomic mass is 14.9. The quantitative estimate of drug-likeness (QED) is 0.259. The summed E-state index contributed by atoms with van der Waals surface area (Å²) in [4.78, 5) is 8.81. The van der Waals surface area contributed by atoms with Crippen molar-refractivity contribution in [1.29, 1.82) is 0 Å². The van der Waals surface area contributed by atoms with Crippen molar-refractivity contribution in [2.75, 3.05) is 0 Å². The molecule has 0 aliphatic heterocycles. The largest absolute Gasteiger partial charge is 0.338 e. The Balaban J connectivity index is 1.45. The zero-order valence-electron chi connectivity index (χ0n) is 21.2. The van der Waals surface area contributed by atoms with Crippen LogP contribution in [0.2, 0.25) is 0 Å². The van der Waals surface area contributed by atoms with Crippen LogP contribution >= 0.6 is 0 Å². The van der Waals surface area contributed by atoms with Crippen LogP contribution in [0.3, 0.4) is 0 Å². The maximum Gasteiger partial charge on any atom is 0.139 e. The van der Waals surface area contributed by atoms with Crippen molar-refractivity contribution in [1.82, 2.24) is 9.97 Å². The molecule has 39 heavy (non-hydrogen) atoms. The molecule has 8 aromatic rings. The van der Waals surface area contributed by atoms with E-state index in [0.717, 1.165) is 22.4 Å². The zero-order chi connectivity index (χ0) is 25.8. The smallest absolute Gasteiger partial charge is 0.139 e. The molecule has 0 spiro atoms. The van der Waals surface area contributed by atoms with Crippen LogP contribution in [-0.2, 0) is 0 Å². The molecule has 182 valence electrons. The number of rotatable bonds is 3. The summed E-state index contributed by atoms with van der Waals surface area (Å²) in [5.74, 6) is 0.890. The first-order chi connectivity index (χ1) is 19.3. The lowest BCUT2D eigenvalue weighted by molar-refractivity contribution is 1.35. The van der Waals surface area contributed by atoms with Crippen molar-refractivity contribution in [2.45, 2.75) is 0 Å². The second-order valence-electron chi connectivity index (χ2n) is 10.1. The molecule has 0 amide bonds. The number of imidazole rings is 1. The van der Waals surface area contributed by atoms with Gasteiger partial charge in [-0.05, 0) is 66.7 Å². The molecule has 0 aliphatic rings. The van der Waals surface area contributed by atoms with E-state index in [-0.39, 0.29) is 0 Å². The Morgan fingerprint density at radius 2 is 0.821 bits per heavy atom. The van der Waals surface area contributed by atoms with Gasteiger partial charge in [0.25, 0.3) is 0 Å². The predicted molar refractivity (Wildman–Crippen MR) is 165 cm³/mol. The van der Waals surface area contributed by atoms with Gasteiger partial charge in [-0.3, -0.25) is 0 Å². The molecule has 8 rings (SSSR count). The standard InChI is InChI=1S/C37H24N2/c1-4-16-27-24(10-1)13-7-19-30(27)33-22-35-36(23-34(33)31-20-8-14-25-11-2-5-17-28(25)31)39-37(38-35)32-21-9-15-26-12-3-6-18-29(26)32/h1-23H,(H,38,39). The molecule has 0 atom stereocenters. The molecule has 2 nitrogen and oxygen atoms in total. The third kappa shape index (κ3) is 3.53. The molecule has 0 aliphatic carbocycles. The third-order valence-corrected chi connectivity index (χ3v) is 7.83. The highest BCUT2D eigenvalue weighted by Crippen LogP contribution is 2.41. The number of hydrogen-bond acceptors (Lipinski definition) is 1. The fourth-order valence-corrected chi connectivity index (χ4v) is 5.98. The van der Waals surface area contributed by atoms with Gasteiger partial charge < -0.3 is 4.98 Å². The average Bonchev–Trinajstić information content (AvgIpc) is 3.42. The minimum atomic E-state index is 0.890. The normalized spacial score (nSPS) is 11.6. The van der Waals surface area contributed by atoms with E-state index < -0.39 is 0 Å². The van der Waals surface area contributed by atoms with E-state index in [4.69, 9.17) is 4.98 Å². The summed E-state index contributed by atoms with van der Waals surface area (Å²) in [6.45, 7) is 0. The first-order valence-electron chi connectivity index (χ1n) is 13.3. The summed E-state index contributed by atoms with van der Waals surface area (Å²) in [6, 6.07) is 49.8. The second kappa shape index (κ2) is 8.68. The molecule has 1 heterocycles. The van der Waals surface area contributed by atoms with E-state index in [1.807, 2.05) is 0 Å². The Hall–Kier alpha value is -5.21. The molecule has 0 bridgehead atoms. The Morgan fingerprint density at radius 1 is 0.385 bits per heavy atom. The summed E-state index contributed by atoms with van der Waals surface area (Å²) < 4.78 is 0. The van der Waals surface area contributed by atoms with Gasteiger partial charge in [-0.15, -0.1) is 0 Å². The minimum absolute atomic E-state index is 0.890. The summed E-state index contributed by atoms with van der Waals surface area (Å²) in [7, 11) is 0. The molecule has 1 N–H and O–H groups in total. The molecule has 0 radical (unpaired) electrons. The van der Waals surface area contributed by atoms with Crippen LogP contribution in [0, 0.1) is 0 Å². The monoisotopic (exact) mass is 496 g/mol. The Bertz CT molecular complexity index is 2050. The number of hydrogen-bond donors (Lipinski definition) is 1. The molecule has 7 aromatic carbocycles. The maximum atomic E-state index is 5.14. The number of benzene rings is 7. The number of aromatic nitrogens is 2. The van der Waals surface area contributed by atoms with E-state index in [1.165, 1.54) is 54.6 Å². The number of nitrogens with zero attached hydrogens (tertiary/aromatic N) is 1. The molecular formula is C37H24N2. The van der Waals surface area contributed by atoms with Crippen molar-refractivity contribution >= 4 is 43.4 Å².